The molecule has 20 heavy (non-hydrogen) atoms. The molecule has 2 nitrogen and oxygen atoms in total. The molecule has 3 heteroatoms. The van der Waals surface area contributed by atoms with Crippen molar-refractivity contribution in [3.05, 3.63) is 29.8 Å². The first-order valence-corrected chi connectivity index (χ1v) is 8.38. The summed E-state index contributed by atoms with van der Waals surface area (Å²) < 4.78 is 5.35. The van der Waals surface area contributed by atoms with E-state index in [2.05, 4.69) is 27.7 Å². The van der Waals surface area contributed by atoms with Crippen molar-refractivity contribution < 1.29 is 9.53 Å². The second-order valence-electron chi connectivity index (χ2n) is 5.85. The zero-order valence-corrected chi connectivity index (χ0v) is 13.8. The van der Waals surface area contributed by atoms with Crippen molar-refractivity contribution in [3.8, 4) is 0 Å². The molecule has 0 N–H and O–H groups in total. The molecule has 0 aliphatic carbocycles. The predicted octanol–water partition coefficient (Wildman–Crippen LogP) is 5.03. The molecule has 1 aromatic carbocycles. The highest BCUT2D eigenvalue weighted by atomic mass is 32.2. The lowest BCUT2D eigenvalue weighted by atomic mass is 10.1. The Morgan fingerprint density at radius 1 is 1.10 bits per heavy atom. The molecule has 0 atom stereocenters. The standard InChI is InChI=1S/C17H26O2S/c1-13(2)9-11-19-17(18)15-7-5-6-8-16(15)20-12-10-14(3)4/h5-8,13-14H,9-12H2,1-4H3. The van der Waals surface area contributed by atoms with Gasteiger partial charge in [-0.1, -0.05) is 39.8 Å². The minimum atomic E-state index is -0.196. The van der Waals surface area contributed by atoms with E-state index in [1.165, 1.54) is 0 Å². The van der Waals surface area contributed by atoms with Crippen LogP contribution < -0.4 is 0 Å². The zero-order chi connectivity index (χ0) is 15.0. The first kappa shape index (κ1) is 17.1. The number of thioether (sulfide) groups is 1. The van der Waals surface area contributed by atoms with Gasteiger partial charge in [-0.3, -0.25) is 0 Å². The van der Waals surface area contributed by atoms with Gasteiger partial charge in [-0.05, 0) is 42.6 Å². The molecule has 0 heterocycles. The zero-order valence-electron chi connectivity index (χ0n) is 13.0. The van der Waals surface area contributed by atoms with E-state index in [9.17, 15) is 4.79 Å². The Bertz CT molecular complexity index is 413. The molecule has 0 saturated carbocycles. The molecule has 0 saturated heterocycles. The number of ether oxygens (including phenoxy) is 1. The fourth-order valence-corrected chi connectivity index (χ4v) is 2.92. The Morgan fingerprint density at radius 3 is 2.40 bits per heavy atom. The number of hydrogen-bond donors (Lipinski definition) is 0. The van der Waals surface area contributed by atoms with Crippen LogP contribution in [0.15, 0.2) is 29.2 Å². The molecule has 0 fully saturated rings. The maximum Gasteiger partial charge on any atom is 0.339 e. The smallest absolute Gasteiger partial charge is 0.339 e. The average Bonchev–Trinajstić information content (AvgIpc) is 2.38. The summed E-state index contributed by atoms with van der Waals surface area (Å²) in [7, 11) is 0. The van der Waals surface area contributed by atoms with Crippen LogP contribution in [0, 0.1) is 11.8 Å². The van der Waals surface area contributed by atoms with E-state index in [0.717, 1.165) is 23.5 Å². The number of esters is 1. The van der Waals surface area contributed by atoms with Crippen molar-refractivity contribution in [1.29, 1.82) is 0 Å². The van der Waals surface area contributed by atoms with E-state index in [1.54, 1.807) is 11.8 Å². The summed E-state index contributed by atoms with van der Waals surface area (Å²) in [4.78, 5) is 13.1. The Kier molecular flexibility index (Phi) is 7.75. The van der Waals surface area contributed by atoms with Crippen molar-refractivity contribution in [3.63, 3.8) is 0 Å². The maximum atomic E-state index is 12.1. The van der Waals surface area contributed by atoms with E-state index >= 15 is 0 Å². The Labute approximate surface area is 127 Å². The van der Waals surface area contributed by atoms with Gasteiger partial charge in [0.15, 0.2) is 0 Å². The molecule has 1 aromatic rings. The van der Waals surface area contributed by atoms with Gasteiger partial charge in [0.2, 0.25) is 0 Å². The first-order chi connectivity index (χ1) is 9.50. The van der Waals surface area contributed by atoms with Gasteiger partial charge in [0.05, 0.1) is 12.2 Å². The number of carbonyl (C=O) groups excluding carboxylic acids is 1. The maximum absolute atomic E-state index is 12.1. The molecule has 0 amide bonds. The van der Waals surface area contributed by atoms with E-state index in [4.69, 9.17) is 4.74 Å². The lowest BCUT2D eigenvalue weighted by Crippen LogP contribution is -2.09. The van der Waals surface area contributed by atoms with Gasteiger partial charge < -0.3 is 4.74 Å². The average molecular weight is 294 g/mol. The van der Waals surface area contributed by atoms with E-state index in [-0.39, 0.29) is 5.97 Å². The third-order valence-electron chi connectivity index (χ3n) is 2.99. The van der Waals surface area contributed by atoms with E-state index < -0.39 is 0 Å². The summed E-state index contributed by atoms with van der Waals surface area (Å²) >= 11 is 1.74. The normalized spacial score (nSPS) is 11.1. The Balaban J connectivity index is 2.57. The van der Waals surface area contributed by atoms with Gasteiger partial charge in [0.25, 0.3) is 0 Å². The number of hydrogen-bond acceptors (Lipinski definition) is 3. The summed E-state index contributed by atoms with van der Waals surface area (Å²) in [5.41, 5.74) is 0.699. The van der Waals surface area contributed by atoms with Crippen molar-refractivity contribution in [2.45, 2.75) is 45.4 Å². The quantitative estimate of drug-likeness (QED) is 0.497. The van der Waals surface area contributed by atoms with Crippen LogP contribution in [-0.2, 0) is 4.74 Å². The van der Waals surface area contributed by atoms with Crippen LogP contribution in [0.25, 0.3) is 0 Å². The number of carbonyl (C=O) groups is 1. The number of benzene rings is 1. The van der Waals surface area contributed by atoms with Gasteiger partial charge in [0, 0.05) is 4.90 Å². The van der Waals surface area contributed by atoms with Crippen LogP contribution in [0.4, 0.5) is 0 Å². The number of rotatable bonds is 8. The van der Waals surface area contributed by atoms with Crippen LogP contribution in [-0.4, -0.2) is 18.3 Å². The van der Waals surface area contributed by atoms with Crippen molar-refractivity contribution >= 4 is 17.7 Å². The molecular weight excluding hydrogens is 268 g/mol. The summed E-state index contributed by atoms with van der Waals surface area (Å²) in [6.45, 7) is 9.19. The Hall–Kier alpha value is -0.960. The predicted molar refractivity (Wildman–Crippen MR) is 86.4 cm³/mol. The van der Waals surface area contributed by atoms with Crippen molar-refractivity contribution in [2.75, 3.05) is 12.4 Å². The molecule has 0 radical (unpaired) electrons. The van der Waals surface area contributed by atoms with Crippen LogP contribution >= 0.6 is 11.8 Å². The summed E-state index contributed by atoms with van der Waals surface area (Å²) in [6.07, 6.45) is 2.07. The molecular formula is C17H26O2S. The Morgan fingerprint density at radius 2 is 1.75 bits per heavy atom. The van der Waals surface area contributed by atoms with Crippen LogP contribution in [0.3, 0.4) is 0 Å². The second-order valence-corrected chi connectivity index (χ2v) is 6.98. The van der Waals surface area contributed by atoms with Gasteiger partial charge in [-0.2, -0.15) is 0 Å². The van der Waals surface area contributed by atoms with Gasteiger partial charge >= 0.3 is 5.97 Å². The molecule has 0 spiro atoms. The monoisotopic (exact) mass is 294 g/mol. The topological polar surface area (TPSA) is 26.3 Å². The van der Waals surface area contributed by atoms with E-state index in [1.807, 2.05) is 24.3 Å². The fraction of sp³-hybridized carbons (Fsp3) is 0.588. The molecule has 0 aromatic heterocycles. The third kappa shape index (κ3) is 6.47. The minimum Gasteiger partial charge on any atom is -0.462 e. The third-order valence-corrected chi connectivity index (χ3v) is 4.09. The summed E-state index contributed by atoms with van der Waals surface area (Å²) in [6, 6.07) is 7.73. The van der Waals surface area contributed by atoms with Crippen LogP contribution in [0.1, 0.15) is 50.9 Å². The summed E-state index contributed by atoms with van der Waals surface area (Å²) in [5.74, 6) is 2.08. The van der Waals surface area contributed by atoms with Gasteiger partial charge in [0.1, 0.15) is 0 Å². The highest BCUT2D eigenvalue weighted by Gasteiger charge is 2.12. The minimum absolute atomic E-state index is 0.196. The molecule has 112 valence electrons. The van der Waals surface area contributed by atoms with Crippen molar-refractivity contribution in [1.82, 2.24) is 0 Å². The van der Waals surface area contributed by atoms with Crippen molar-refractivity contribution in [2.24, 2.45) is 11.8 Å². The second kappa shape index (κ2) is 9.06. The lowest BCUT2D eigenvalue weighted by Gasteiger charge is -2.11. The van der Waals surface area contributed by atoms with Gasteiger partial charge in [-0.25, -0.2) is 4.79 Å². The van der Waals surface area contributed by atoms with Gasteiger partial charge in [-0.15, -0.1) is 11.8 Å². The molecule has 1 rings (SSSR count). The molecule has 0 unspecified atom stereocenters. The SMILES string of the molecule is CC(C)CCOC(=O)c1ccccc1SCCC(C)C. The summed E-state index contributed by atoms with van der Waals surface area (Å²) in [5, 5.41) is 0. The highest BCUT2D eigenvalue weighted by molar-refractivity contribution is 7.99. The highest BCUT2D eigenvalue weighted by Crippen LogP contribution is 2.25. The van der Waals surface area contributed by atoms with E-state index in [0.29, 0.717) is 24.0 Å². The lowest BCUT2D eigenvalue weighted by molar-refractivity contribution is 0.0484. The molecule has 0 aliphatic rings. The molecule has 0 aliphatic heterocycles. The van der Waals surface area contributed by atoms with Crippen LogP contribution in [0.2, 0.25) is 0 Å². The largest absolute Gasteiger partial charge is 0.462 e. The van der Waals surface area contributed by atoms with Crippen LogP contribution in [0.5, 0.6) is 0 Å². The first-order valence-electron chi connectivity index (χ1n) is 7.39. The fourth-order valence-electron chi connectivity index (χ4n) is 1.63. The molecule has 0 bridgehead atoms.